The molecule has 4 heteroatoms. The molecule has 1 N–H and O–H groups in total. The van der Waals surface area contributed by atoms with Crippen molar-refractivity contribution in [2.45, 2.75) is 64.7 Å². The zero-order valence-electron chi connectivity index (χ0n) is 11.8. The molecule has 0 spiro atoms. The number of amides is 1. The number of carbonyl (C=O) groups excluding carboxylic acids is 1. The topological polar surface area (TPSA) is 32.3 Å². The Morgan fingerprint density at radius 3 is 2.61 bits per heavy atom. The fourth-order valence-corrected chi connectivity index (χ4v) is 4.12. The van der Waals surface area contributed by atoms with Crippen molar-refractivity contribution < 1.29 is 4.79 Å². The molecule has 104 valence electrons. The van der Waals surface area contributed by atoms with E-state index in [9.17, 15) is 4.79 Å². The van der Waals surface area contributed by atoms with Gasteiger partial charge in [0, 0.05) is 6.04 Å². The standard InChI is InChI=1S/C14H26N2OS/c1-4-12-14(17)16(11-5-7-18-8-6-11)13(15-12)9-10(2)3/h10-13,15H,4-9H2,1-3H3. The van der Waals surface area contributed by atoms with Gasteiger partial charge in [0.1, 0.15) is 0 Å². The summed E-state index contributed by atoms with van der Waals surface area (Å²) in [7, 11) is 0. The molecule has 2 rings (SSSR count). The van der Waals surface area contributed by atoms with E-state index in [1.165, 1.54) is 24.3 Å². The third-order valence-corrected chi connectivity index (χ3v) is 5.02. The van der Waals surface area contributed by atoms with Crippen LogP contribution in [0.15, 0.2) is 0 Å². The molecule has 2 aliphatic heterocycles. The highest BCUT2D eigenvalue weighted by Gasteiger charge is 2.41. The van der Waals surface area contributed by atoms with Gasteiger partial charge in [-0.1, -0.05) is 20.8 Å². The number of nitrogens with zero attached hydrogens (tertiary/aromatic N) is 1. The average molecular weight is 270 g/mol. The lowest BCUT2D eigenvalue weighted by atomic mass is 10.0. The number of rotatable bonds is 4. The smallest absolute Gasteiger partial charge is 0.241 e. The molecule has 0 aliphatic carbocycles. The van der Waals surface area contributed by atoms with Gasteiger partial charge in [-0.3, -0.25) is 10.1 Å². The monoisotopic (exact) mass is 270 g/mol. The highest BCUT2D eigenvalue weighted by molar-refractivity contribution is 7.99. The van der Waals surface area contributed by atoms with E-state index in [0.717, 1.165) is 12.8 Å². The molecule has 0 aromatic rings. The van der Waals surface area contributed by atoms with Gasteiger partial charge in [0.2, 0.25) is 5.91 Å². The third kappa shape index (κ3) is 3.02. The molecule has 3 nitrogen and oxygen atoms in total. The minimum Gasteiger partial charge on any atom is -0.323 e. The van der Waals surface area contributed by atoms with E-state index in [2.05, 4.69) is 31.0 Å². The molecule has 2 atom stereocenters. The van der Waals surface area contributed by atoms with Crippen LogP contribution in [0.4, 0.5) is 0 Å². The summed E-state index contributed by atoms with van der Waals surface area (Å²) in [6.07, 6.45) is 4.60. The molecular formula is C14H26N2OS. The highest BCUT2D eigenvalue weighted by Crippen LogP contribution is 2.28. The number of nitrogens with one attached hydrogen (secondary N) is 1. The maximum atomic E-state index is 12.5. The first-order chi connectivity index (χ1) is 8.63. The molecule has 2 fully saturated rings. The summed E-state index contributed by atoms with van der Waals surface area (Å²) in [5, 5.41) is 3.54. The van der Waals surface area contributed by atoms with Crippen molar-refractivity contribution in [3.8, 4) is 0 Å². The third-order valence-electron chi connectivity index (χ3n) is 3.97. The van der Waals surface area contributed by atoms with E-state index in [-0.39, 0.29) is 12.2 Å². The van der Waals surface area contributed by atoms with Crippen LogP contribution >= 0.6 is 11.8 Å². The lowest BCUT2D eigenvalue weighted by molar-refractivity contribution is -0.132. The highest BCUT2D eigenvalue weighted by atomic mass is 32.2. The van der Waals surface area contributed by atoms with Gasteiger partial charge in [-0.15, -0.1) is 0 Å². The maximum absolute atomic E-state index is 12.5. The molecule has 0 aromatic heterocycles. The van der Waals surface area contributed by atoms with Crippen molar-refractivity contribution in [1.82, 2.24) is 10.2 Å². The average Bonchev–Trinajstić information content (AvgIpc) is 2.66. The van der Waals surface area contributed by atoms with E-state index >= 15 is 0 Å². The van der Waals surface area contributed by atoms with E-state index in [1.807, 2.05) is 11.8 Å². The zero-order valence-corrected chi connectivity index (χ0v) is 12.6. The zero-order chi connectivity index (χ0) is 13.1. The van der Waals surface area contributed by atoms with Gasteiger partial charge in [-0.05, 0) is 43.1 Å². The molecule has 0 radical (unpaired) electrons. The van der Waals surface area contributed by atoms with Crippen molar-refractivity contribution in [2.75, 3.05) is 11.5 Å². The Morgan fingerprint density at radius 2 is 2.06 bits per heavy atom. The summed E-state index contributed by atoms with van der Waals surface area (Å²) >= 11 is 2.02. The van der Waals surface area contributed by atoms with Crippen LogP contribution in [-0.4, -0.2) is 40.6 Å². The minimum atomic E-state index is 0.0586. The summed E-state index contributed by atoms with van der Waals surface area (Å²) in [5.74, 6) is 3.39. The molecular weight excluding hydrogens is 244 g/mol. The van der Waals surface area contributed by atoms with E-state index in [1.54, 1.807) is 0 Å². The number of hydrogen-bond acceptors (Lipinski definition) is 3. The van der Waals surface area contributed by atoms with Gasteiger partial charge in [-0.25, -0.2) is 0 Å². The van der Waals surface area contributed by atoms with Gasteiger partial charge < -0.3 is 4.90 Å². The molecule has 2 unspecified atom stereocenters. The first kappa shape index (κ1) is 14.2. The van der Waals surface area contributed by atoms with Crippen LogP contribution in [0.1, 0.15) is 46.5 Å². The molecule has 18 heavy (non-hydrogen) atoms. The summed E-state index contributed by atoms with van der Waals surface area (Å²) in [4.78, 5) is 14.7. The lowest BCUT2D eigenvalue weighted by Crippen LogP contribution is -2.46. The minimum absolute atomic E-state index is 0.0586. The summed E-state index contributed by atoms with van der Waals surface area (Å²) < 4.78 is 0. The molecule has 2 aliphatic rings. The molecule has 0 aromatic carbocycles. The van der Waals surface area contributed by atoms with Gasteiger partial charge in [0.05, 0.1) is 12.2 Å². The van der Waals surface area contributed by atoms with Gasteiger partial charge >= 0.3 is 0 Å². The molecule has 1 amide bonds. The van der Waals surface area contributed by atoms with E-state index in [4.69, 9.17) is 0 Å². The normalized spacial score (nSPS) is 30.4. The summed E-state index contributed by atoms with van der Waals surface area (Å²) in [5.41, 5.74) is 0. The SMILES string of the molecule is CCC1NC(CC(C)C)N(C2CCSCC2)C1=O. The largest absolute Gasteiger partial charge is 0.323 e. The second-order valence-electron chi connectivity index (χ2n) is 5.86. The Labute approximate surface area is 115 Å². The van der Waals surface area contributed by atoms with Crippen LogP contribution in [0.25, 0.3) is 0 Å². The number of thioether (sulfide) groups is 1. The van der Waals surface area contributed by atoms with Crippen molar-refractivity contribution in [1.29, 1.82) is 0 Å². The first-order valence-corrected chi connectivity index (χ1v) is 8.45. The van der Waals surface area contributed by atoms with Gasteiger partial charge in [-0.2, -0.15) is 11.8 Å². The summed E-state index contributed by atoms with van der Waals surface area (Å²) in [6, 6.07) is 0.537. The Balaban J connectivity index is 2.08. The van der Waals surface area contributed by atoms with Gasteiger partial charge in [0.25, 0.3) is 0 Å². The Morgan fingerprint density at radius 1 is 1.39 bits per heavy atom. The molecule has 0 saturated carbocycles. The molecule has 2 heterocycles. The van der Waals surface area contributed by atoms with Gasteiger partial charge in [0.15, 0.2) is 0 Å². The van der Waals surface area contributed by atoms with Crippen LogP contribution < -0.4 is 5.32 Å². The van der Waals surface area contributed by atoms with Crippen LogP contribution in [-0.2, 0) is 4.79 Å². The second kappa shape index (κ2) is 6.29. The van der Waals surface area contributed by atoms with Crippen molar-refractivity contribution in [3.05, 3.63) is 0 Å². The fourth-order valence-electron chi connectivity index (χ4n) is 3.04. The van der Waals surface area contributed by atoms with Crippen molar-refractivity contribution >= 4 is 17.7 Å². The van der Waals surface area contributed by atoms with Crippen molar-refractivity contribution in [3.63, 3.8) is 0 Å². The Kier molecular flexibility index (Phi) is 4.96. The Bertz CT molecular complexity index is 290. The predicted octanol–water partition coefficient (Wildman–Crippen LogP) is 2.46. The van der Waals surface area contributed by atoms with Crippen LogP contribution in [0.3, 0.4) is 0 Å². The van der Waals surface area contributed by atoms with Crippen molar-refractivity contribution in [2.24, 2.45) is 5.92 Å². The maximum Gasteiger partial charge on any atom is 0.241 e. The first-order valence-electron chi connectivity index (χ1n) is 7.29. The second-order valence-corrected chi connectivity index (χ2v) is 7.09. The predicted molar refractivity (Wildman–Crippen MR) is 77.7 cm³/mol. The fraction of sp³-hybridized carbons (Fsp3) is 0.929. The molecule has 2 saturated heterocycles. The van der Waals surface area contributed by atoms with E-state index < -0.39 is 0 Å². The molecule has 0 bridgehead atoms. The number of carbonyl (C=O) groups is 1. The quantitative estimate of drug-likeness (QED) is 0.852. The lowest BCUT2D eigenvalue weighted by Gasteiger charge is -2.35. The van der Waals surface area contributed by atoms with Crippen LogP contribution in [0, 0.1) is 5.92 Å². The summed E-state index contributed by atoms with van der Waals surface area (Å²) in [6.45, 7) is 6.57. The van der Waals surface area contributed by atoms with Crippen LogP contribution in [0.2, 0.25) is 0 Å². The number of hydrogen-bond donors (Lipinski definition) is 1. The van der Waals surface area contributed by atoms with E-state index in [0.29, 0.717) is 17.9 Å². The van der Waals surface area contributed by atoms with Crippen LogP contribution in [0.5, 0.6) is 0 Å². The Hall–Kier alpha value is -0.220.